The number of benzene rings is 1. The van der Waals surface area contributed by atoms with E-state index in [0.29, 0.717) is 18.7 Å². The zero-order valence-electron chi connectivity index (χ0n) is 11.9. The molecule has 1 N–H and O–H groups in total. The molecular weight excluding hydrogens is 278 g/mol. The number of rotatable bonds is 5. The first-order valence-electron chi connectivity index (χ1n) is 6.90. The summed E-state index contributed by atoms with van der Waals surface area (Å²) >= 11 is 0. The van der Waals surface area contributed by atoms with E-state index in [1.807, 2.05) is 24.3 Å². The summed E-state index contributed by atoms with van der Waals surface area (Å²) in [5, 5.41) is 6.94. The summed E-state index contributed by atoms with van der Waals surface area (Å²) in [6, 6.07) is 11.5. The second kappa shape index (κ2) is 6.62. The Labute approximate surface area is 127 Å². The maximum Gasteiger partial charge on any atom is 0.253 e. The van der Waals surface area contributed by atoms with Crippen LogP contribution in [0.2, 0.25) is 0 Å². The van der Waals surface area contributed by atoms with Gasteiger partial charge in [-0.1, -0.05) is 24.3 Å². The number of nitrogens with one attached hydrogen (secondary N) is 1. The average molecular weight is 293 g/mol. The van der Waals surface area contributed by atoms with E-state index in [1.165, 1.54) is 6.33 Å². The molecule has 0 aliphatic rings. The Morgan fingerprint density at radius 1 is 1.09 bits per heavy atom. The van der Waals surface area contributed by atoms with Crippen LogP contribution in [0.25, 0.3) is 0 Å². The zero-order chi connectivity index (χ0) is 15.2. The molecule has 110 valence electrons. The van der Waals surface area contributed by atoms with Crippen LogP contribution in [0.1, 0.15) is 21.5 Å². The van der Waals surface area contributed by atoms with Gasteiger partial charge in [0, 0.05) is 18.9 Å². The topological polar surface area (TPSA) is 72.7 Å². The molecule has 0 saturated heterocycles. The molecule has 6 nitrogen and oxygen atoms in total. The van der Waals surface area contributed by atoms with Crippen LogP contribution in [-0.2, 0) is 13.1 Å². The Kier molecular flexibility index (Phi) is 4.20. The second-order valence-electron chi connectivity index (χ2n) is 4.83. The van der Waals surface area contributed by atoms with E-state index in [0.717, 1.165) is 11.1 Å². The van der Waals surface area contributed by atoms with Gasteiger partial charge in [0.2, 0.25) is 0 Å². The van der Waals surface area contributed by atoms with Crippen molar-refractivity contribution in [2.75, 3.05) is 0 Å². The summed E-state index contributed by atoms with van der Waals surface area (Å²) < 4.78 is 1.76. The molecule has 0 aliphatic heterocycles. The molecule has 3 rings (SSSR count). The maximum absolute atomic E-state index is 11.9. The van der Waals surface area contributed by atoms with Gasteiger partial charge in [-0.3, -0.25) is 9.78 Å². The van der Waals surface area contributed by atoms with E-state index in [1.54, 1.807) is 35.5 Å². The monoisotopic (exact) mass is 293 g/mol. The van der Waals surface area contributed by atoms with Gasteiger partial charge in [-0.15, -0.1) is 0 Å². The summed E-state index contributed by atoms with van der Waals surface area (Å²) in [5.74, 6) is -0.125. The van der Waals surface area contributed by atoms with Crippen molar-refractivity contribution < 1.29 is 4.79 Å². The minimum absolute atomic E-state index is 0.125. The Balaban J connectivity index is 1.56. The van der Waals surface area contributed by atoms with Gasteiger partial charge in [0.1, 0.15) is 12.7 Å². The largest absolute Gasteiger partial charge is 0.348 e. The van der Waals surface area contributed by atoms with Crippen LogP contribution in [0.15, 0.2) is 61.4 Å². The lowest BCUT2D eigenvalue weighted by Gasteiger charge is -2.06. The number of aromatic nitrogens is 4. The Hall–Kier alpha value is -3.02. The normalized spacial score (nSPS) is 10.4. The number of nitrogens with zero attached hydrogens (tertiary/aromatic N) is 4. The first kappa shape index (κ1) is 13.9. The minimum atomic E-state index is -0.125. The molecule has 0 spiro atoms. The molecule has 2 aromatic heterocycles. The van der Waals surface area contributed by atoms with Crippen molar-refractivity contribution in [1.82, 2.24) is 25.1 Å². The molecule has 6 heteroatoms. The van der Waals surface area contributed by atoms with Crippen molar-refractivity contribution in [2.45, 2.75) is 13.1 Å². The average Bonchev–Trinajstić information content (AvgIpc) is 3.08. The minimum Gasteiger partial charge on any atom is -0.348 e. The van der Waals surface area contributed by atoms with Crippen molar-refractivity contribution in [3.63, 3.8) is 0 Å². The van der Waals surface area contributed by atoms with Gasteiger partial charge in [0.05, 0.1) is 12.1 Å². The molecule has 1 amide bonds. The quantitative estimate of drug-likeness (QED) is 0.776. The van der Waals surface area contributed by atoms with E-state index in [9.17, 15) is 4.79 Å². The Morgan fingerprint density at radius 2 is 1.91 bits per heavy atom. The first-order chi connectivity index (χ1) is 10.8. The van der Waals surface area contributed by atoms with Crippen LogP contribution < -0.4 is 5.32 Å². The standard InChI is InChI=1S/C16H15N5O/c22-16(15-2-1-7-17-9-15)19-8-13-3-5-14(6-4-13)10-21-12-18-11-20-21/h1-7,9,11-12H,8,10H2,(H,19,22). The van der Waals surface area contributed by atoms with Gasteiger partial charge < -0.3 is 5.32 Å². The second-order valence-corrected chi connectivity index (χ2v) is 4.83. The van der Waals surface area contributed by atoms with Crippen LogP contribution in [0, 0.1) is 0 Å². The molecule has 2 heterocycles. The number of amides is 1. The molecule has 0 aliphatic carbocycles. The van der Waals surface area contributed by atoms with Gasteiger partial charge >= 0.3 is 0 Å². The molecule has 0 unspecified atom stereocenters. The molecule has 0 saturated carbocycles. The molecular formula is C16H15N5O. The van der Waals surface area contributed by atoms with Crippen LogP contribution in [-0.4, -0.2) is 25.7 Å². The third-order valence-corrected chi connectivity index (χ3v) is 3.21. The van der Waals surface area contributed by atoms with E-state index in [-0.39, 0.29) is 5.91 Å². The third-order valence-electron chi connectivity index (χ3n) is 3.21. The third kappa shape index (κ3) is 3.54. The van der Waals surface area contributed by atoms with E-state index >= 15 is 0 Å². The van der Waals surface area contributed by atoms with Gasteiger partial charge in [0.15, 0.2) is 0 Å². The lowest BCUT2D eigenvalue weighted by atomic mass is 10.1. The Morgan fingerprint density at radius 3 is 2.59 bits per heavy atom. The summed E-state index contributed by atoms with van der Waals surface area (Å²) in [6.45, 7) is 1.17. The van der Waals surface area contributed by atoms with Crippen molar-refractivity contribution in [3.05, 3.63) is 78.1 Å². The van der Waals surface area contributed by atoms with Crippen molar-refractivity contribution in [3.8, 4) is 0 Å². The van der Waals surface area contributed by atoms with Crippen LogP contribution in [0.5, 0.6) is 0 Å². The number of hydrogen-bond donors (Lipinski definition) is 1. The smallest absolute Gasteiger partial charge is 0.253 e. The van der Waals surface area contributed by atoms with Crippen molar-refractivity contribution >= 4 is 5.91 Å². The summed E-state index contributed by atoms with van der Waals surface area (Å²) in [6.07, 6.45) is 6.39. The molecule has 3 aromatic rings. The summed E-state index contributed by atoms with van der Waals surface area (Å²) in [5.41, 5.74) is 2.73. The predicted octanol–water partition coefficient (Wildman–Crippen LogP) is 1.65. The van der Waals surface area contributed by atoms with E-state index in [4.69, 9.17) is 0 Å². The highest BCUT2D eigenvalue weighted by molar-refractivity contribution is 5.93. The highest BCUT2D eigenvalue weighted by Gasteiger charge is 2.04. The highest BCUT2D eigenvalue weighted by Crippen LogP contribution is 2.06. The SMILES string of the molecule is O=C(NCc1ccc(Cn2cncn2)cc1)c1cccnc1. The predicted molar refractivity (Wildman–Crippen MR) is 81.0 cm³/mol. The molecule has 22 heavy (non-hydrogen) atoms. The first-order valence-corrected chi connectivity index (χ1v) is 6.90. The van der Waals surface area contributed by atoms with Crippen molar-refractivity contribution in [2.24, 2.45) is 0 Å². The van der Waals surface area contributed by atoms with E-state index < -0.39 is 0 Å². The number of pyridine rings is 1. The van der Waals surface area contributed by atoms with Crippen molar-refractivity contribution in [1.29, 1.82) is 0 Å². The molecule has 1 aromatic carbocycles. The van der Waals surface area contributed by atoms with Crippen LogP contribution >= 0.6 is 0 Å². The van der Waals surface area contributed by atoms with Crippen LogP contribution in [0.4, 0.5) is 0 Å². The maximum atomic E-state index is 11.9. The van der Waals surface area contributed by atoms with Crippen LogP contribution in [0.3, 0.4) is 0 Å². The fourth-order valence-corrected chi connectivity index (χ4v) is 2.05. The molecule has 0 radical (unpaired) electrons. The zero-order valence-corrected chi connectivity index (χ0v) is 11.9. The molecule has 0 atom stereocenters. The lowest BCUT2D eigenvalue weighted by molar-refractivity contribution is 0.0950. The number of carbonyl (C=O) groups excluding carboxylic acids is 1. The number of hydrogen-bond acceptors (Lipinski definition) is 4. The highest BCUT2D eigenvalue weighted by atomic mass is 16.1. The Bertz CT molecular complexity index is 723. The fraction of sp³-hybridized carbons (Fsp3) is 0.125. The van der Waals surface area contributed by atoms with Gasteiger partial charge in [-0.2, -0.15) is 5.10 Å². The fourth-order valence-electron chi connectivity index (χ4n) is 2.05. The molecule has 0 fully saturated rings. The lowest BCUT2D eigenvalue weighted by Crippen LogP contribution is -2.22. The van der Waals surface area contributed by atoms with Gasteiger partial charge in [0.25, 0.3) is 5.91 Å². The van der Waals surface area contributed by atoms with Gasteiger partial charge in [-0.25, -0.2) is 9.67 Å². The summed E-state index contributed by atoms with van der Waals surface area (Å²) in [7, 11) is 0. The summed E-state index contributed by atoms with van der Waals surface area (Å²) in [4.78, 5) is 19.8. The van der Waals surface area contributed by atoms with Gasteiger partial charge in [-0.05, 0) is 23.3 Å². The van der Waals surface area contributed by atoms with E-state index in [2.05, 4.69) is 20.4 Å². The molecule has 0 bridgehead atoms. The number of carbonyl (C=O) groups is 1.